The lowest BCUT2D eigenvalue weighted by molar-refractivity contribution is -0.170. The third-order valence-electron chi connectivity index (χ3n) is 2.05. The van der Waals surface area contributed by atoms with Gasteiger partial charge >= 0.3 is 12.3 Å². The number of hydrogen-bond donors (Lipinski definition) is 2. The van der Waals surface area contributed by atoms with Crippen molar-refractivity contribution in [1.29, 1.82) is 0 Å². The minimum absolute atomic E-state index is 0.0810. The van der Waals surface area contributed by atoms with Gasteiger partial charge < -0.3 is 10.4 Å². The maximum absolute atomic E-state index is 12.5. The van der Waals surface area contributed by atoms with E-state index < -0.39 is 30.4 Å². The SMILES string of the molecule is CC(C)CC(C)(O)CNC(=O)C(F)(F)C(F)F. The zero-order valence-electron chi connectivity index (χ0n) is 9.94. The molecule has 0 aromatic carbocycles. The third-order valence-corrected chi connectivity index (χ3v) is 2.05. The summed E-state index contributed by atoms with van der Waals surface area (Å²) in [5.74, 6) is -6.72. The summed E-state index contributed by atoms with van der Waals surface area (Å²) in [6, 6.07) is 0. The highest BCUT2D eigenvalue weighted by atomic mass is 19.3. The second kappa shape index (κ2) is 5.66. The molecule has 102 valence electrons. The second-order valence-corrected chi connectivity index (χ2v) is 4.70. The number of alkyl halides is 4. The fourth-order valence-corrected chi connectivity index (χ4v) is 1.44. The number of amides is 1. The van der Waals surface area contributed by atoms with Crippen LogP contribution in [0, 0.1) is 5.92 Å². The van der Waals surface area contributed by atoms with Gasteiger partial charge in [0.25, 0.3) is 5.91 Å². The van der Waals surface area contributed by atoms with Crippen molar-refractivity contribution in [2.24, 2.45) is 5.92 Å². The maximum Gasteiger partial charge on any atom is 0.383 e. The van der Waals surface area contributed by atoms with Gasteiger partial charge in [0, 0.05) is 6.54 Å². The number of carbonyl (C=O) groups is 1. The average Bonchev–Trinajstić information content (AvgIpc) is 2.11. The summed E-state index contributed by atoms with van der Waals surface area (Å²) < 4.78 is 48.7. The van der Waals surface area contributed by atoms with Crippen LogP contribution >= 0.6 is 0 Å². The van der Waals surface area contributed by atoms with Gasteiger partial charge in [-0.25, -0.2) is 8.78 Å². The van der Waals surface area contributed by atoms with Crippen LogP contribution in [0.4, 0.5) is 17.6 Å². The molecular weight excluding hydrogens is 242 g/mol. The first kappa shape index (κ1) is 16.1. The zero-order valence-corrected chi connectivity index (χ0v) is 9.94. The van der Waals surface area contributed by atoms with E-state index in [4.69, 9.17) is 0 Å². The molecular formula is C10H17F4NO2. The van der Waals surface area contributed by atoms with E-state index in [0.717, 1.165) is 0 Å². The molecule has 0 spiro atoms. The van der Waals surface area contributed by atoms with E-state index in [9.17, 15) is 27.5 Å². The summed E-state index contributed by atoms with van der Waals surface area (Å²) >= 11 is 0. The summed E-state index contributed by atoms with van der Waals surface area (Å²) in [5.41, 5.74) is -1.40. The number of rotatable bonds is 6. The normalized spacial score (nSPS) is 16.1. The summed E-state index contributed by atoms with van der Waals surface area (Å²) in [7, 11) is 0. The monoisotopic (exact) mass is 259 g/mol. The number of halogens is 4. The minimum atomic E-state index is -4.73. The molecule has 0 aromatic heterocycles. The molecule has 0 heterocycles. The lowest BCUT2D eigenvalue weighted by atomic mass is 9.94. The molecule has 17 heavy (non-hydrogen) atoms. The fraction of sp³-hybridized carbons (Fsp3) is 0.900. The topological polar surface area (TPSA) is 49.3 Å². The smallest absolute Gasteiger partial charge is 0.383 e. The van der Waals surface area contributed by atoms with Crippen LogP contribution in [0.1, 0.15) is 27.2 Å². The summed E-state index contributed by atoms with van der Waals surface area (Å²) in [5, 5.41) is 11.3. The Kier molecular flexibility index (Phi) is 5.38. The molecule has 0 rings (SSSR count). The maximum atomic E-state index is 12.5. The molecule has 0 radical (unpaired) electrons. The van der Waals surface area contributed by atoms with Crippen molar-refractivity contribution >= 4 is 5.91 Å². The van der Waals surface area contributed by atoms with E-state index in [-0.39, 0.29) is 12.3 Å². The van der Waals surface area contributed by atoms with Crippen molar-refractivity contribution in [3.63, 3.8) is 0 Å². The number of carbonyl (C=O) groups excluding carboxylic acids is 1. The molecule has 2 N–H and O–H groups in total. The van der Waals surface area contributed by atoms with Crippen molar-refractivity contribution in [3.8, 4) is 0 Å². The Balaban J connectivity index is 4.34. The Morgan fingerprint density at radius 3 is 2.18 bits per heavy atom. The summed E-state index contributed by atoms with van der Waals surface area (Å²) in [4.78, 5) is 10.8. The van der Waals surface area contributed by atoms with Crippen LogP contribution in [0.3, 0.4) is 0 Å². The standard InChI is InChI=1S/C10H17F4NO2/c1-6(2)4-9(3,17)5-15-8(16)10(13,14)7(11)12/h6-7,17H,4-5H2,1-3H3,(H,15,16). The van der Waals surface area contributed by atoms with Crippen molar-refractivity contribution in [2.75, 3.05) is 6.54 Å². The van der Waals surface area contributed by atoms with Crippen LogP contribution in [-0.4, -0.2) is 35.5 Å². The first-order valence-corrected chi connectivity index (χ1v) is 5.15. The highest BCUT2D eigenvalue weighted by Crippen LogP contribution is 2.23. The van der Waals surface area contributed by atoms with Crippen molar-refractivity contribution in [2.45, 2.75) is 45.1 Å². The molecule has 0 aliphatic carbocycles. The molecule has 1 unspecified atom stereocenters. The van der Waals surface area contributed by atoms with Crippen molar-refractivity contribution < 1.29 is 27.5 Å². The molecule has 0 aliphatic heterocycles. The zero-order chi connectivity index (χ0) is 13.9. The first-order chi connectivity index (χ1) is 7.49. The van der Waals surface area contributed by atoms with Gasteiger partial charge in [0.1, 0.15) is 0 Å². The molecule has 3 nitrogen and oxygen atoms in total. The Labute approximate surface area is 97.2 Å². The molecule has 0 saturated carbocycles. The number of nitrogens with one attached hydrogen (secondary N) is 1. The van der Waals surface area contributed by atoms with E-state index in [1.807, 2.05) is 0 Å². The van der Waals surface area contributed by atoms with Gasteiger partial charge in [-0.3, -0.25) is 4.79 Å². The Bertz CT molecular complexity index is 267. The van der Waals surface area contributed by atoms with Crippen LogP contribution in [0.25, 0.3) is 0 Å². The number of hydrogen-bond acceptors (Lipinski definition) is 2. The van der Waals surface area contributed by atoms with E-state index in [0.29, 0.717) is 0 Å². The molecule has 0 bridgehead atoms. The first-order valence-electron chi connectivity index (χ1n) is 5.15. The summed E-state index contributed by atoms with van der Waals surface area (Å²) in [6.45, 7) is 4.44. The number of aliphatic hydroxyl groups is 1. The quantitative estimate of drug-likeness (QED) is 0.715. The lowest BCUT2D eigenvalue weighted by Gasteiger charge is -2.26. The fourth-order valence-electron chi connectivity index (χ4n) is 1.44. The molecule has 0 fully saturated rings. The van der Waals surface area contributed by atoms with Gasteiger partial charge in [0.2, 0.25) is 0 Å². The lowest BCUT2D eigenvalue weighted by Crippen LogP contribution is -2.50. The van der Waals surface area contributed by atoms with Crippen LogP contribution < -0.4 is 5.32 Å². The highest BCUT2D eigenvalue weighted by molar-refractivity contribution is 5.83. The van der Waals surface area contributed by atoms with Gasteiger partial charge in [-0.05, 0) is 19.3 Å². The third kappa shape index (κ3) is 5.34. The van der Waals surface area contributed by atoms with Gasteiger partial charge in [-0.2, -0.15) is 8.78 Å². The second-order valence-electron chi connectivity index (χ2n) is 4.70. The van der Waals surface area contributed by atoms with Gasteiger partial charge in [-0.15, -0.1) is 0 Å². The molecule has 0 saturated heterocycles. The van der Waals surface area contributed by atoms with E-state index in [1.165, 1.54) is 6.92 Å². The van der Waals surface area contributed by atoms with Crippen molar-refractivity contribution in [1.82, 2.24) is 5.32 Å². The van der Waals surface area contributed by atoms with Crippen LogP contribution in [0.15, 0.2) is 0 Å². The van der Waals surface area contributed by atoms with E-state index >= 15 is 0 Å². The predicted molar refractivity (Wildman–Crippen MR) is 54.0 cm³/mol. The average molecular weight is 259 g/mol. The molecule has 7 heteroatoms. The molecule has 1 atom stereocenters. The van der Waals surface area contributed by atoms with E-state index in [1.54, 1.807) is 19.2 Å². The minimum Gasteiger partial charge on any atom is -0.388 e. The van der Waals surface area contributed by atoms with Gasteiger partial charge in [0.15, 0.2) is 0 Å². The largest absolute Gasteiger partial charge is 0.388 e. The van der Waals surface area contributed by atoms with Gasteiger partial charge in [-0.1, -0.05) is 13.8 Å². The summed E-state index contributed by atoms with van der Waals surface area (Å²) in [6.07, 6.45) is -3.80. The van der Waals surface area contributed by atoms with Crippen molar-refractivity contribution in [3.05, 3.63) is 0 Å². The Hall–Kier alpha value is -0.850. The molecule has 1 amide bonds. The van der Waals surface area contributed by atoms with Crippen LogP contribution in [0.5, 0.6) is 0 Å². The van der Waals surface area contributed by atoms with E-state index in [2.05, 4.69) is 0 Å². The predicted octanol–water partition coefficient (Wildman–Crippen LogP) is 1.80. The molecule has 0 aliphatic rings. The Morgan fingerprint density at radius 1 is 1.35 bits per heavy atom. The van der Waals surface area contributed by atoms with Crippen LogP contribution in [-0.2, 0) is 4.79 Å². The van der Waals surface area contributed by atoms with Crippen LogP contribution in [0.2, 0.25) is 0 Å². The molecule has 0 aromatic rings. The Morgan fingerprint density at radius 2 is 1.82 bits per heavy atom. The van der Waals surface area contributed by atoms with Gasteiger partial charge in [0.05, 0.1) is 5.60 Å². The highest BCUT2D eigenvalue weighted by Gasteiger charge is 2.49.